The van der Waals surface area contributed by atoms with Crippen LogP contribution in [0.5, 0.6) is 0 Å². The van der Waals surface area contributed by atoms with Gasteiger partial charge in [0.05, 0.1) is 19.3 Å². The minimum Gasteiger partial charge on any atom is -0.479 e. The molecular formula is C14H23NO5. The summed E-state index contributed by atoms with van der Waals surface area (Å²) in [6.07, 6.45) is 3.66. The van der Waals surface area contributed by atoms with Crippen LogP contribution < -0.4 is 0 Å². The first-order valence-electron chi connectivity index (χ1n) is 7.30. The number of carboxylic acid groups (broad SMARTS) is 1. The average Bonchev–Trinajstić information content (AvgIpc) is 2.45. The highest BCUT2D eigenvalue weighted by molar-refractivity contribution is 5.79. The first-order valence-corrected chi connectivity index (χ1v) is 7.30. The van der Waals surface area contributed by atoms with Crippen molar-refractivity contribution >= 4 is 11.9 Å². The Kier molecular flexibility index (Phi) is 5.37. The SMILES string of the molecule is C[C@@H]1CCC[C@H](OCC(=O)N2CCO[C@@H](C(=O)O)C2)C1. The summed E-state index contributed by atoms with van der Waals surface area (Å²) in [6.45, 7) is 3.06. The van der Waals surface area contributed by atoms with Crippen LogP contribution in [-0.2, 0) is 19.1 Å². The lowest BCUT2D eigenvalue weighted by Crippen LogP contribution is -2.49. The Morgan fingerprint density at radius 1 is 1.40 bits per heavy atom. The first-order chi connectivity index (χ1) is 9.56. The molecule has 0 unspecified atom stereocenters. The molecule has 0 aromatic heterocycles. The number of morpholine rings is 1. The molecule has 0 aromatic carbocycles. The summed E-state index contributed by atoms with van der Waals surface area (Å²) in [5.41, 5.74) is 0. The Morgan fingerprint density at radius 3 is 2.90 bits per heavy atom. The van der Waals surface area contributed by atoms with Gasteiger partial charge in [-0.2, -0.15) is 0 Å². The molecule has 1 heterocycles. The molecule has 1 saturated heterocycles. The van der Waals surface area contributed by atoms with Gasteiger partial charge in [0.2, 0.25) is 5.91 Å². The van der Waals surface area contributed by atoms with Gasteiger partial charge in [-0.15, -0.1) is 0 Å². The monoisotopic (exact) mass is 285 g/mol. The van der Waals surface area contributed by atoms with Crippen LogP contribution in [0.3, 0.4) is 0 Å². The molecule has 1 aliphatic carbocycles. The van der Waals surface area contributed by atoms with Crippen LogP contribution in [-0.4, -0.2) is 60.4 Å². The maximum Gasteiger partial charge on any atom is 0.334 e. The second-order valence-corrected chi connectivity index (χ2v) is 5.74. The molecule has 114 valence electrons. The van der Waals surface area contributed by atoms with Crippen molar-refractivity contribution in [1.29, 1.82) is 0 Å². The Balaban J connectivity index is 1.75. The fourth-order valence-corrected chi connectivity index (χ4v) is 2.84. The second-order valence-electron chi connectivity index (χ2n) is 5.74. The molecule has 1 aliphatic heterocycles. The third-order valence-electron chi connectivity index (χ3n) is 4.03. The van der Waals surface area contributed by atoms with E-state index in [0.717, 1.165) is 19.3 Å². The third kappa shape index (κ3) is 4.18. The second kappa shape index (κ2) is 7.04. The molecule has 6 nitrogen and oxygen atoms in total. The number of aliphatic carboxylic acids is 1. The summed E-state index contributed by atoms with van der Waals surface area (Å²) in [5, 5.41) is 8.91. The van der Waals surface area contributed by atoms with Gasteiger partial charge in [0.15, 0.2) is 6.10 Å². The lowest BCUT2D eigenvalue weighted by atomic mass is 9.89. The van der Waals surface area contributed by atoms with Crippen molar-refractivity contribution in [2.75, 3.05) is 26.3 Å². The van der Waals surface area contributed by atoms with Crippen LogP contribution in [0, 0.1) is 5.92 Å². The quantitative estimate of drug-likeness (QED) is 0.830. The molecule has 1 saturated carbocycles. The Hall–Kier alpha value is -1.14. The van der Waals surface area contributed by atoms with Gasteiger partial charge in [0.25, 0.3) is 0 Å². The van der Waals surface area contributed by atoms with Crippen LogP contribution in [0.25, 0.3) is 0 Å². The van der Waals surface area contributed by atoms with E-state index in [0.29, 0.717) is 12.5 Å². The van der Waals surface area contributed by atoms with Crippen LogP contribution >= 0.6 is 0 Å². The van der Waals surface area contributed by atoms with Crippen molar-refractivity contribution in [2.45, 2.75) is 44.8 Å². The van der Waals surface area contributed by atoms with Crippen molar-refractivity contribution in [1.82, 2.24) is 4.90 Å². The van der Waals surface area contributed by atoms with Gasteiger partial charge in [-0.05, 0) is 18.8 Å². The number of hydrogen-bond acceptors (Lipinski definition) is 4. The summed E-state index contributed by atoms with van der Waals surface area (Å²) in [4.78, 5) is 24.4. The third-order valence-corrected chi connectivity index (χ3v) is 4.03. The zero-order valence-corrected chi connectivity index (χ0v) is 11.9. The molecule has 0 bridgehead atoms. The number of rotatable bonds is 4. The summed E-state index contributed by atoms with van der Waals surface area (Å²) in [6, 6.07) is 0. The van der Waals surface area contributed by atoms with E-state index in [9.17, 15) is 9.59 Å². The molecule has 0 spiro atoms. The van der Waals surface area contributed by atoms with E-state index in [-0.39, 0.29) is 31.8 Å². The van der Waals surface area contributed by atoms with E-state index >= 15 is 0 Å². The number of carbonyl (C=O) groups excluding carboxylic acids is 1. The molecule has 1 N–H and O–H groups in total. The molecule has 2 rings (SSSR count). The fourth-order valence-electron chi connectivity index (χ4n) is 2.84. The molecule has 6 heteroatoms. The zero-order valence-electron chi connectivity index (χ0n) is 11.9. The summed E-state index contributed by atoms with van der Waals surface area (Å²) < 4.78 is 10.8. The van der Waals surface area contributed by atoms with Crippen molar-refractivity contribution in [2.24, 2.45) is 5.92 Å². The van der Waals surface area contributed by atoms with E-state index in [1.165, 1.54) is 11.3 Å². The Morgan fingerprint density at radius 2 is 2.20 bits per heavy atom. The fraction of sp³-hybridized carbons (Fsp3) is 0.857. The number of carboxylic acids is 1. The van der Waals surface area contributed by atoms with Gasteiger partial charge in [0.1, 0.15) is 6.61 Å². The minimum atomic E-state index is -1.02. The maximum atomic E-state index is 12.0. The van der Waals surface area contributed by atoms with E-state index in [2.05, 4.69) is 6.92 Å². The molecule has 0 aromatic rings. The van der Waals surface area contributed by atoms with Crippen LogP contribution in [0.2, 0.25) is 0 Å². The lowest BCUT2D eigenvalue weighted by molar-refractivity contribution is -0.161. The standard InChI is InChI=1S/C14H23NO5/c1-10-3-2-4-11(7-10)20-9-13(16)15-5-6-19-12(8-15)14(17)18/h10-12H,2-9H2,1H3,(H,17,18)/t10-,11+,12-/m1/s1. The van der Waals surface area contributed by atoms with Crippen molar-refractivity contribution in [3.8, 4) is 0 Å². The molecule has 20 heavy (non-hydrogen) atoms. The minimum absolute atomic E-state index is 0.0454. The van der Waals surface area contributed by atoms with Crippen LogP contribution in [0.1, 0.15) is 32.6 Å². The number of amides is 1. The highest BCUT2D eigenvalue weighted by atomic mass is 16.5. The van der Waals surface area contributed by atoms with Crippen molar-refractivity contribution in [3.63, 3.8) is 0 Å². The lowest BCUT2D eigenvalue weighted by Gasteiger charge is -2.32. The number of nitrogens with zero attached hydrogens (tertiary/aromatic N) is 1. The van der Waals surface area contributed by atoms with Crippen molar-refractivity contribution in [3.05, 3.63) is 0 Å². The molecule has 1 amide bonds. The van der Waals surface area contributed by atoms with Gasteiger partial charge in [-0.1, -0.05) is 19.8 Å². The normalized spacial score (nSPS) is 31.1. The first kappa shape index (κ1) is 15.3. The van der Waals surface area contributed by atoms with E-state index < -0.39 is 12.1 Å². The number of carbonyl (C=O) groups is 2. The largest absolute Gasteiger partial charge is 0.479 e. The van der Waals surface area contributed by atoms with E-state index in [4.69, 9.17) is 14.6 Å². The molecule has 2 fully saturated rings. The Bertz CT molecular complexity index is 359. The average molecular weight is 285 g/mol. The van der Waals surface area contributed by atoms with E-state index in [1.807, 2.05) is 0 Å². The van der Waals surface area contributed by atoms with E-state index in [1.54, 1.807) is 0 Å². The molecule has 3 atom stereocenters. The molecule has 2 aliphatic rings. The highest BCUT2D eigenvalue weighted by Crippen LogP contribution is 2.25. The van der Waals surface area contributed by atoms with Gasteiger partial charge < -0.3 is 19.5 Å². The van der Waals surface area contributed by atoms with Gasteiger partial charge in [-0.25, -0.2) is 4.79 Å². The smallest absolute Gasteiger partial charge is 0.334 e. The Labute approximate surface area is 119 Å². The van der Waals surface area contributed by atoms with Crippen LogP contribution in [0.4, 0.5) is 0 Å². The van der Waals surface area contributed by atoms with Crippen molar-refractivity contribution < 1.29 is 24.2 Å². The number of ether oxygens (including phenoxy) is 2. The van der Waals surface area contributed by atoms with Gasteiger partial charge in [-0.3, -0.25) is 4.79 Å². The molecular weight excluding hydrogens is 262 g/mol. The highest BCUT2D eigenvalue weighted by Gasteiger charge is 2.29. The maximum absolute atomic E-state index is 12.0. The summed E-state index contributed by atoms with van der Waals surface area (Å²) in [7, 11) is 0. The summed E-state index contributed by atoms with van der Waals surface area (Å²) >= 11 is 0. The topological polar surface area (TPSA) is 76.1 Å². The predicted molar refractivity (Wildman–Crippen MR) is 71.3 cm³/mol. The predicted octanol–water partition coefficient (Wildman–Crippen LogP) is 0.894. The zero-order chi connectivity index (χ0) is 14.5. The summed E-state index contributed by atoms with van der Waals surface area (Å²) in [5.74, 6) is -0.508. The molecule has 0 radical (unpaired) electrons. The van der Waals surface area contributed by atoms with Crippen LogP contribution in [0.15, 0.2) is 0 Å². The van der Waals surface area contributed by atoms with Gasteiger partial charge >= 0.3 is 5.97 Å². The van der Waals surface area contributed by atoms with Gasteiger partial charge in [0, 0.05) is 6.54 Å². The number of hydrogen-bond donors (Lipinski definition) is 1.